The number of benzene rings is 2. The summed E-state index contributed by atoms with van der Waals surface area (Å²) in [5, 5.41) is 3.45. The monoisotopic (exact) mass is 281 g/mol. The molecule has 2 heterocycles. The topological polar surface area (TPSA) is 30.5 Å². The molecule has 0 saturated heterocycles. The van der Waals surface area contributed by atoms with E-state index >= 15 is 0 Å². The average molecular weight is 281 g/mol. The minimum atomic E-state index is 0.243. The number of ether oxygens (including phenoxy) is 2. The van der Waals surface area contributed by atoms with Gasteiger partial charge in [-0.3, -0.25) is 0 Å². The molecule has 2 atom stereocenters. The molecule has 0 amide bonds. The minimum Gasteiger partial charge on any atom is -0.493 e. The molecule has 0 aromatic heterocycles. The molecular weight excluding hydrogens is 262 g/mol. The van der Waals surface area contributed by atoms with Crippen molar-refractivity contribution in [2.75, 3.05) is 25.1 Å². The molecule has 3 heteroatoms. The van der Waals surface area contributed by atoms with Gasteiger partial charge in [-0.15, -0.1) is 0 Å². The summed E-state index contributed by atoms with van der Waals surface area (Å²) in [6.07, 6.45) is 1.23. The normalized spacial score (nSPS) is 22.9. The van der Waals surface area contributed by atoms with Gasteiger partial charge < -0.3 is 14.8 Å². The third-order valence-corrected chi connectivity index (χ3v) is 4.32. The van der Waals surface area contributed by atoms with Gasteiger partial charge in [0.2, 0.25) is 0 Å². The summed E-state index contributed by atoms with van der Waals surface area (Å²) in [4.78, 5) is 0. The highest BCUT2D eigenvalue weighted by Gasteiger charge is 2.26. The van der Waals surface area contributed by atoms with E-state index in [1.54, 1.807) is 0 Å². The summed E-state index contributed by atoms with van der Waals surface area (Å²) >= 11 is 0. The molecule has 0 saturated carbocycles. The lowest BCUT2D eigenvalue weighted by Crippen LogP contribution is -2.31. The van der Waals surface area contributed by atoms with Gasteiger partial charge in [0.1, 0.15) is 5.75 Å². The number of hydrogen-bond acceptors (Lipinski definition) is 3. The Balaban J connectivity index is 1.39. The highest BCUT2D eigenvalue weighted by molar-refractivity contribution is 5.53. The fourth-order valence-corrected chi connectivity index (χ4v) is 3.15. The number of anilines is 1. The van der Waals surface area contributed by atoms with Gasteiger partial charge in [-0.05, 0) is 17.7 Å². The first kappa shape index (κ1) is 12.7. The van der Waals surface area contributed by atoms with Gasteiger partial charge in [0.05, 0.1) is 19.3 Å². The lowest BCUT2D eigenvalue weighted by atomic mass is 10.0. The van der Waals surface area contributed by atoms with Crippen molar-refractivity contribution in [1.82, 2.24) is 0 Å². The van der Waals surface area contributed by atoms with Crippen LogP contribution in [0.15, 0.2) is 48.5 Å². The van der Waals surface area contributed by atoms with Gasteiger partial charge in [0.25, 0.3) is 0 Å². The Bertz CT molecular complexity index is 641. The maximum absolute atomic E-state index is 6.14. The molecule has 2 aliphatic heterocycles. The Labute approximate surface area is 124 Å². The van der Waals surface area contributed by atoms with Crippen LogP contribution < -0.4 is 10.1 Å². The Kier molecular flexibility index (Phi) is 3.28. The molecular formula is C18H19NO2. The second-order valence-corrected chi connectivity index (χ2v) is 5.74. The molecule has 0 fully saturated rings. The van der Waals surface area contributed by atoms with Crippen LogP contribution in [-0.4, -0.2) is 25.9 Å². The SMILES string of the molecule is c1ccc2c(c1)CC(OCC1COc3ccccc31)CN2. The van der Waals surface area contributed by atoms with Gasteiger partial charge >= 0.3 is 0 Å². The molecule has 0 bridgehead atoms. The van der Waals surface area contributed by atoms with Gasteiger partial charge in [-0.1, -0.05) is 36.4 Å². The van der Waals surface area contributed by atoms with E-state index in [1.807, 2.05) is 12.1 Å². The second-order valence-electron chi connectivity index (χ2n) is 5.74. The number of rotatable bonds is 3. The lowest BCUT2D eigenvalue weighted by Gasteiger charge is -2.27. The lowest BCUT2D eigenvalue weighted by molar-refractivity contribution is 0.0466. The number of fused-ring (bicyclic) bond motifs is 2. The molecule has 1 N–H and O–H groups in total. The van der Waals surface area contributed by atoms with Gasteiger partial charge in [0.15, 0.2) is 0 Å². The van der Waals surface area contributed by atoms with E-state index in [9.17, 15) is 0 Å². The zero-order valence-corrected chi connectivity index (χ0v) is 11.9. The molecule has 108 valence electrons. The molecule has 0 spiro atoms. The van der Waals surface area contributed by atoms with Crippen LogP contribution in [0.1, 0.15) is 17.0 Å². The average Bonchev–Trinajstić information content (AvgIpc) is 2.96. The highest BCUT2D eigenvalue weighted by atomic mass is 16.5. The van der Waals surface area contributed by atoms with Gasteiger partial charge in [-0.2, -0.15) is 0 Å². The summed E-state index contributed by atoms with van der Waals surface area (Å²) < 4.78 is 11.8. The van der Waals surface area contributed by atoms with Crippen molar-refractivity contribution in [2.24, 2.45) is 0 Å². The van der Waals surface area contributed by atoms with E-state index in [4.69, 9.17) is 9.47 Å². The Morgan fingerprint density at radius 3 is 2.95 bits per heavy atom. The largest absolute Gasteiger partial charge is 0.493 e. The molecule has 21 heavy (non-hydrogen) atoms. The van der Waals surface area contributed by atoms with Crippen LogP contribution in [0.2, 0.25) is 0 Å². The van der Waals surface area contributed by atoms with Crippen LogP contribution in [0.3, 0.4) is 0 Å². The Morgan fingerprint density at radius 2 is 1.95 bits per heavy atom. The first-order chi connectivity index (χ1) is 10.4. The minimum absolute atomic E-state index is 0.243. The molecule has 0 aliphatic carbocycles. The molecule has 0 radical (unpaired) electrons. The molecule has 2 aromatic carbocycles. The Hall–Kier alpha value is -2.00. The standard InChI is InChI=1S/C18H19NO2/c1-3-7-17-13(5-1)9-15(10-19-17)20-11-14-12-21-18-8-4-2-6-16(14)18/h1-8,14-15,19H,9-12H2. The number of para-hydroxylation sites is 2. The first-order valence-electron chi connectivity index (χ1n) is 7.55. The van der Waals surface area contributed by atoms with Crippen LogP contribution in [0, 0.1) is 0 Å². The van der Waals surface area contributed by atoms with E-state index in [0.29, 0.717) is 5.92 Å². The van der Waals surface area contributed by atoms with Crippen LogP contribution >= 0.6 is 0 Å². The maximum atomic E-state index is 6.14. The van der Waals surface area contributed by atoms with Crippen molar-refractivity contribution in [3.63, 3.8) is 0 Å². The third kappa shape index (κ3) is 2.49. The summed E-state index contributed by atoms with van der Waals surface area (Å²) in [6.45, 7) is 2.34. The molecule has 2 unspecified atom stereocenters. The summed E-state index contributed by atoms with van der Waals surface area (Å²) in [5.41, 5.74) is 3.87. The zero-order chi connectivity index (χ0) is 14.1. The van der Waals surface area contributed by atoms with E-state index in [2.05, 4.69) is 41.7 Å². The van der Waals surface area contributed by atoms with Crippen molar-refractivity contribution >= 4 is 5.69 Å². The molecule has 2 aromatic rings. The van der Waals surface area contributed by atoms with Gasteiger partial charge in [0, 0.05) is 30.1 Å². The fraction of sp³-hybridized carbons (Fsp3) is 0.333. The van der Waals surface area contributed by atoms with Crippen LogP contribution in [0.25, 0.3) is 0 Å². The maximum Gasteiger partial charge on any atom is 0.123 e. The molecule has 2 aliphatic rings. The second kappa shape index (κ2) is 5.41. The van der Waals surface area contributed by atoms with E-state index in [1.165, 1.54) is 16.8 Å². The molecule has 3 nitrogen and oxygen atoms in total. The van der Waals surface area contributed by atoms with E-state index in [-0.39, 0.29) is 6.10 Å². The first-order valence-corrected chi connectivity index (χ1v) is 7.55. The Morgan fingerprint density at radius 1 is 1.10 bits per heavy atom. The predicted octanol–water partition coefficient (Wildman–Crippen LogP) is 3.22. The van der Waals surface area contributed by atoms with Crippen LogP contribution in [0.5, 0.6) is 5.75 Å². The molecule has 4 rings (SSSR count). The zero-order valence-electron chi connectivity index (χ0n) is 11.9. The smallest absolute Gasteiger partial charge is 0.123 e. The van der Waals surface area contributed by atoms with Crippen molar-refractivity contribution in [2.45, 2.75) is 18.4 Å². The predicted molar refractivity (Wildman–Crippen MR) is 83.1 cm³/mol. The number of nitrogens with one attached hydrogen (secondary N) is 1. The van der Waals surface area contributed by atoms with E-state index in [0.717, 1.165) is 31.9 Å². The van der Waals surface area contributed by atoms with Crippen molar-refractivity contribution in [1.29, 1.82) is 0 Å². The van der Waals surface area contributed by atoms with Crippen molar-refractivity contribution in [3.05, 3.63) is 59.7 Å². The summed E-state index contributed by atoms with van der Waals surface area (Å²) in [5.74, 6) is 1.37. The van der Waals surface area contributed by atoms with Crippen LogP contribution in [-0.2, 0) is 11.2 Å². The van der Waals surface area contributed by atoms with E-state index < -0.39 is 0 Å². The van der Waals surface area contributed by atoms with Gasteiger partial charge in [-0.25, -0.2) is 0 Å². The highest BCUT2D eigenvalue weighted by Crippen LogP contribution is 2.34. The summed E-state index contributed by atoms with van der Waals surface area (Å²) in [7, 11) is 0. The van der Waals surface area contributed by atoms with Crippen LogP contribution in [0.4, 0.5) is 5.69 Å². The fourth-order valence-electron chi connectivity index (χ4n) is 3.15. The van der Waals surface area contributed by atoms with Crippen molar-refractivity contribution in [3.8, 4) is 5.75 Å². The van der Waals surface area contributed by atoms with Crippen molar-refractivity contribution < 1.29 is 9.47 Å². The summed E-state index contributed by atoms with van der Waals surface area (Å²) in [6, 6.07) is 16.7. The number of hydrogen-bond donors (Lipinski definition) is 1. The third-order valence-electron chi connectivity index (χ3n) is 4.32. The quantitative estimate of drug-likeness (QED) is 0.937.